The molecule has 0 bridgehead atoms. The lowest BCUT2D eigenvalue weighted by Crippen LogP contribution is -2.33. The summed E-state index contributed by atoms with van der Waals surface area (Å²) in [5.41, 5.74) is 3.34. The van der Waals surface area contributed by atoms with Gasteiger partial charge in [-0.1, -0.05) is 36.6 Å². The van der Waals surface area contributed by atoms with Gasteiger partial charge in [0.05, 0.1) is 6.10 Å². The molecule has 1 aliphatic rings. The fourth-order valence-corrected chi connectivity index (χ4v) is 3.21. The van der Waals surface area contributed by atoms with Gasteiger partial charge in [0.25, 0.3) is 0 Å². The van der Waals surface area contributed by atoms with Gasteiger partial charge in [0.1, 0.15) is 0 Å². The van der Waals surface area contributed by atoms with Crippen molar-refractivity contribution in [2.45, 2.75) is 45.3 Å². The van der Waals surface area contributed by atoms with Gasteiger partial charge in [0, 0.05) is 36.6 Å². The molecule has 1 heterocycles. The summed E-state index contributed by atoms with van der Waals surface area (Å²) in [4.78, 5) is 8.94. The standard InChI is InChI=1S/C19H25N3O/c1-14-5-4-7-16(9-14)19-21-11-15(12-22-19)10-20-13-17-6-2-3-8-18(17)23/h4-5,7,9,11-12,17-18,20,23H,2-3,6,8,10,13H2,1H3/t17-,18-/m1/s1. The maximum absolute atomic E-state index is 9.99. The van der Waals surface area contributed by atoms with Gasteiger partial charge < -0.3 is 10.4 Å². The van der Waals surface area contributed by atoms with Gasteiger partial charge in [-0.3, -0.25) is 0 Å². The topological polar surface area (TPSA) is 58.0 Å². The third kappa shape index (κ3) is 4.36. The Morgan fingerprint density at radius 2 is 1.96 bits per heavy atom. The first-order chi connectivity index (χ1) is 11.2. The zero-order valence-corrected chi connectivity index (χ0v) is 13.7. The molecule has 0 amide bonds. The highest BCUT2D eigenvalue weighted by Crippen LogP contribution is 2.23. The van der Waals surface area contributed by atoms with Crippen LogP contribution in [0, 0.1) is 12.8 Å². The molecular weight excluding hydrogens is 286 g/mol. The van der Waals surface area contributed by atoms with Crippen LogP contribution in [0.1, 0.15) is 36.8 Å². The average Bonchev–Trinajstić information content (AvgIpc) is 2.57. The number of rotatable bonds is 5. The number of aromatic nitrogens is 2. The summed E-state index contributed by atoms with van der Waals surface area (Å²) in [6.45, 7) is 3.68. The zero-order valence-electron chi connectivity index (χ0n) is 13.7. The molecule has 0 radical (unpaired) electrons. The van der Waals surface area contributed by atoms with Gasteiger partial charge >= 0.3 is 0 Å². The van der Waals surface area contributed by atoms with Crippen molar-refractivity contribution in [2.75, 3.05) is 6.54 Å². The Hall–Kier alpha value is -1.78. The van der Waals surface area contributed by atoms with E-state index in [1.165, 1.54) is 12.0 Å². The fraction of sp³-hybridized carbons (Fsp3) is 0.474. The first-order valence-corrected chi connectivity index (χ1v) is 8.49. The summed E-state index contributed by atoms with van der Waals surface area (Å²) in [6.07, 6.45) is 8.08. The van der Waals surface area contributed by atoms with E-state index in [9.17, 15) is 5.11 Å². The van der Waals surface area contributed by atoms with E-state index in [2.05, 4.69) is 34.3 Å². The van der Waals surface area contributed by atoms with Crippen molar-refractivity contribution in [3.05, 3.63) is 47.8 Å². The molecule has 4 heteroatoms. The number of hydrogen-bond acceptors (Lipinski definition) is 4. The summed E-state index contributed by atoms with van der Waals surface area (Å²) >= 11 is 0. The van der Waals surface area contributed by atoms with E-state index in [1.807, 2.05) is 24.5 Å². The lowest BCUT2D eigenvalue weighted by atomic mass is 9.86. The van der Waals surface area contributed by atoms with Gasteiger partial charge in [-0.2, -0.15) is 0 Å². The number of nitrogens with zero attached hydrogens (tertiary/aromatic N) is 2. The predicted molar refractivity (Wildman–Crippen MR) is 91.9 cm³/mol. The Bertz CT molecular complexity index is 627. The molecule has 1 aromatic heterocycles. The second kappa shape index (κ2) is 7.66. The minimum Gasteiger partial charge on any atom is -0.393 e. The summed E-state index contributed by atoms with van der Waals surface area (Å²) < 4.78 is 0. The third-order valence-electron chi connectivity index (χ3n) is 4.59. The second-order valence-corrected chi connectivity index (χ2v) is 6.53. The first-order valence-electron chi connectivity index (χ1n) is 8.49. The fourth-order valence-electron chi connectivity index (χ4n) is 3.21. The van der Waals surface area contributed by atoms with Crippen LogP contribution in [0.15, 0.2) is 36.7 Å². The Balaban J connectivity index is 1.53. The molecule has 23 heavy (non-hydrogen) atoms. The molecular formula is C19H25N3O. The van der Waals surface area contributed by atoms with Gasteiger partial charge in [-0.05, 0) is 31.7 Å². The van der Waals surface area contributed by atoms with E-state index in [4.69, 9.17) is 0 Å². The minimum absolute atomic E-state index is 0.142. The van der Waals surface area contributed by atoms with E-state index in [0.717, 1.165) is 49.3 Å². The number of benzene rings is 1. The highest BCUT2D eigenvalue weighted by molar-refractivity contribution is 5.55. The van der Waals surface area contributed by atoms with Crippen molar-refractivity contribution in [1.29, 1.82) is 0 Å². The molecule has 3 rings (SSSR count). The van der Waals surface area contributed by atoms with Crippen LogP contribution in [0.5, 0.6) is 0 Å². The Morgan fingerprint density at radius 1 is 1.17 bits per heavy atom. The molecule has 2 N–H and O–H groups in total. The minimum atomic E-state index is -0.142. The Kier molecular flexibility index (Phi) is 5.36. The van der Waals surface area contributed by atoms with Crippen molar-refractivity contribution >= 4 is 0 Å². The smallest absolute Gasteiger partial charge is 0.159 e. The van der Waals surface area contributed by atoms with E-state index in [1.54, 1.807) is 0 Å². The van der Waals surface area contributed by atoms with Crippen LogP contribution in [0.2, 0.25) is 0 Å². The molecule has 0 saturated heterocycles. The molecule has 1 fully saturated rings. The SMILES string of the molecule is Cc1cccc(-c2ncc(CNC[C@H]3CCCC[C@H]3O)cn2)c1. The van der Waals surface area contributed by atoms with Gasteiger partial charge in [-0.15, -0.1) is 0 Å². The summed E-state index contributed by atoms with van der Waals surface area (Å²) in [5.74, 6) is 1.15. The van der Waals surface area contributed by atoms with E-state index in [-0.39, 0.29) is 6.10 Å². The van der Waals surface area contributed by atoms with E-state index in [0.29, 0.717) is 5.92 Å². The number of aliphatic hydroxyl groups excluding tert-OH is 1. The van der Waals surface area contributed by atoms with Crippen LogP contribution in [-0.4, -0.2) is 27.7 Å². The monoisotopic (exact) mass is 311 g/mol. The number of hydrogen-bond donors (Lipinski definition) is 2. The van der Waals surface area contributed by atoms with Crippen molar-refractivity contribution in [2.24, 2.45) is 5.92 Å². The molecule has 1 aliphatic carbocycles. The second-order valence-electron chi connectivity index (χ2n) is 6.53. The Labute approximate surface area is 138 Å². The lowest BCUT2D eigenvalue weighted by molar-refractivity contribution is 0.0695. The molecule has 1 aromatic carbocycles. The molecule has 4 nitrogen and oxygen atoms in total. The summed E-state index contributed by atoms with van der Waals surface area (Å²) in [7, 11) is 0. The highest BCUT2D eigenvalue weighted by Gasteiger charge is 2.22. The number of aliphatic hydroxyl groups is 1. The number of aryl methyl sites for hydroxylation is 1. The van der Waals surface area contributed by atoms with Crippen LogP contribution >= 0.6 is 0 Å². The Morgan fingerprint density at radius 3 is 2.70 bits per heavy atom. The average molecular weight is 311 g/mol. The van der Waals surface area contributed by atoms with Gasteiger partial charge in [-0.25, -0.2) is 9.97 Å². The van der Waals surface area contributed by atoms with Gasteiger partial charge in [0.15, 0.2) is 5.82 Å². The molecule has 0 aliphatic heterocycles. The molecule has 0 unspecified atom stereocenters. The van der Waals surface area contributed by atoms with E-state index >= 15 is 0 Å². The summed E-state index contributed by atoms with van der Waals surface area (Å²) in [5, 5.41) is 13.4. The van der Waals surface area contributed by atoms with Crippen LogP contribution in [0.3, 0.4) is 0 Å². The van der Waals surface area contributed by atoms with Crippen molar-refractivity contribution in [3.63, 3.8) is 0 Å². The quantitative estimate of drug-likeness (QED) is 0.891. The van der Waals surface area contributed by atoms with Crippen molar-refractivity contribution < 1.29 is 5.11 Å². The summed E-state index contributed by atoms with van der Waals surface area (Å²) in [6, 6.07) is 8.23. The van der Waals surface area contributed by atoms with E-state index < -0.39 is 0 Å². The highest BCUT2D eigenvalue weighted by atomic mass is 16.3. The molecule has 122 valence electrons. The largest absolute Gasteiger partial charge is 0.393 e. The molecule has 2 atom stereocenters. The number of nitrogens with one attached hydrogen (secondary N) is 1. The first kappa shape index (κ1) is 16.1. The van der Waals surface area contributed by atoms with Crippen LogP contribution < -0.4 is 5.32 Å². The van der Waals surface area contributed by atoms with Crippen molar-refractivity contribution in [1.82, 2.24) is 15.3 Å². The van der Waals surface area contributed by atoms with Crippen LogP contribution in [-0.2, 0) is 6.54 Å². The van der Waals surface area contributed by atoms with Crippen LogP contribution in [0.4, 0.5) is 0 Å². The lowest BCUT2D eigenvalue weighted by Gasteiger charge is -2.27. The maximum atomic E-state index is 9.99. The molecule has 0 spiro atoms. The normalized spacial score (nSPS) is 21.3. The van der Waals surface area contributed by atoms with Gasteiger partial charge in [0.2, 0.25) is 0 Å². The molecule has 1 saturated carbocycles. The third-order valence-corrected chi connectivity index (χ3v) is 4.59. The predicted octanol–water partition coefficient (Wildman–Crippen LogP) is 3.09. The van der Waals surface area contributed by atoms with Crippen molar-refractivity contribution in [3.8, 4) is 11.4 Å². The molecule has 2 aromatic rings. The van der Waals surface area contributed by atoms with Crippen LogP contribution in [0.25, 0.3) is 11.4 Å². The zero-order chi connectivity index (χ0) is 16.1. The maximum Gasteiger partial charge on any atom is 0.159 e.